The smallest absolute Gasteiger partial charge is 0.387 e. The number of hydrogen-bond acceptors (Lipinski definition) is 6. The van der Waals surface area contributed by atoms with Crippen LogP contribution in [0.4, 0.5) is 8.78 Å². The summed E-state index contributed by atoms with van der Waals surface area (Å²) in [6, 6.07) is 7.64. The Morgan fingerprint density at radius 3 is 2.80 bits per heavy atom. The van der Waals surface area contributed by atoms with Gasteiger partial charge in [-0.2, -0.15) is 13.1 Å². The molecule has 0 saturated carbocycles. The van der Waals surface area contributed by atoms with Gasteiger partial charge in [-0.1, -0.05) is 12.1 Å². The largest absolute Gasteiger partial charge is 0.493 e. The van der Waals surface area contributed by atoms with Gasteiger partial charge in [0.1, 0.15) is 4.21 Å². The number of halogens is 2. The van der Waals surface area contributed by atoms with Gasteiger partial charge in [0, 0.05) is 19.6 Å². The lowest BCUT2D eigenvalue weighted by atomic mass is 9.98. The molecule has 1 aliphatic rings. The zero-order chi connectivity index (χ0) is 21.7. The van der Waals surface area contributed by atoms with Gasteiger partial charge in [-0.15, -0.1) is 11.3 Å². The number of hydrogen-bond donors (Lipinski definition) is 1. The van der Waals surface area contributed by atoms with Crippen LogP contribution in [-0.4, -0.2) is 45.4 Å². The van der Waals surface area contributed by atoms with E-state index in [9.17, 15) is 22.0 Å². The average Bonchev–Trinajstić information content (AvgIpc) is 3.28. The number of rotatable bonds is 8. The van der Waals surface area contributed by atoms with Crippen LogP contribution in [0.2, 0.25) is 0 Å². The van der Waals surface area contributed by atoms with Crippen molar-refractivity contribution in [1.82, 2.24) is 9.62 Å². The molecule has 2 aromatic rings. The summed E-state index contributed by atoms with van der Waals surface area (Å²) in [5.41, 5.74) is 0.640. The van der Waals surface area contributed by atoms with Crippen molar-refractivity contribution in [2.75, 3.05) is 20.2 Å². The molecule has 1 saturated heterocycles. The van der Waals surface area contributed by atoms with Crippen LogP contribution in [0.3, 0.4) is 0 Å². The second-order valence-electron chi connectivity index (χ2n) is 6.72. The van der Waals surface area contributed by atoms with E-state index in [-0.39, 0.29) is 34.7 Å². The Labute approximate surface area is 177 Å². The number of nitrogens with zero attached hydrogens (tertiary/aromatic N) is 1. The summed E-state index contributed by atoms with van der Waals surface area (Å²) in [6.45, 7) is -2.31. The van der Waals surface area contributed by atoms with Gasteiger partial charge >= 0.3 is 6.61 Å². The Balaban J connectivity index is 1.61. The first-order valence-corrected chi connectivity index (χ1v) is 11.6. The third-order valence-electron chi connectivity index (χ3n) is 4.75. The summed E-state index contributed by atoms with van der Waals surface area (Å²) in [4.78, 5) is 12.6. The molecule has 1 aromatic carbocycles. The van der Waals surface area contributed by atoms with Crippen molar-refractivity contribution in [2.45, 2.75) is 30.2 Å². The molecule has 0 radical (unpaired) electrons. The molecule has 0 bridgehead atoms. The number of amides is 1. The van der Waals surface area contributed by atoms with Crippen LogP contribution < -0.4 is 14.8 Å². The number of piperidine rings is 1. The first-order chi connectivity index (χ1) is 14.3. The monoisotopic (exact) mass is 460 g/mol. The van der Waals surface area contributed by atoms with Crippen LogP contribution in [0.5, 0.6) is 11.5 Å². The fraction of sp³-hybridized carbons (Fsp3) is 0.421. The van der Waals surface area contributed by atoms with Crippen molar-refractivity contribution in [3.63, 3.8) is 0 Å². The fourth-order valence-corrected chi connectivity index (χ4v) is 5.93. The molecule has 1 aromatic heterocycles. The predicted octanol–water partition coefficient (Wildman–Crippen LogP) is 3.08. The lowest BCUT2D eigenvalue weighted by Crippen LogP contribution is -2.45. The topological polar surface area (TPSA) is 84.9 Å². The predicted molar refractivity (Wildman–Crippen MR) is 107 cm³/mol. The maximum Gasteiger partial charge on any atom is 0.387 e. The van der Waals surface area contributed by atoms with Crippen molar-refractivity contribution >= 4 is 27.3 Å². The molecule has 1 aliphatic heterocycles. The maximum absolute atomic E-state index is 12.7. The second-order valence-corrected chi connectivity index (χ2v) is 9.83. The molecular weight excluding hydrogens is 438 g/mol. The molecule has 1 amide bonds. The van der Waals surface area contributed by atoms with Gasteiger partial charge in [0.15, 0.2) is 11.5 Å². The lowest BCUT2D eigenvalue weighted by molar-refractivity contribution is -0.126. The van der Waals surface area contributed by atoms with Crippen molar-refractivity contribution in [3.05, 3.63) is 41.3 Å². The van der Waals surface area contributed by atoms with Gasteiger partial charge in [0.05, 0.1) is 13.0 Å². The summed E-state index contributed by atoms with van der Waals surface area (Å²) in [7, 11) is -2.26. The van der Waals surface area contributed by atoms with E-state index >= 15 is 0 Å². The zero-order valence-corrected chi connectivity index (χ0v) is 17.8. The summed E-state index contributed by atoms with van der Waals surface area (Å²) in [5, 5.41) is 4.49. The summed E-state index contributed by atoms with van der Waals surface area (Å²) < 4.78 is 61.3. The van der Waals surface area contributed by atoms with Gasteiger partial charge in [-0.3, -0.25) is 4.79 Å². The number of carbonyl (C=O) groups is 1. The molecule has 7 nitrogen and oxygen atoms in total. The van der Waals surface area contributed by atoms with Gasteiger partial charge < -0.3 is 14.8 Å². The highest BCUT2D eigenvalue weighted by Crippen LogP contribution is 2.30. The number of carbonyl (C=O) groups excluding carboxylic acids is 1. The van der Waals surface area contributed by atoms with Crippen LogP contribution in [0, 0.1) is 5.92 Å². The molecule has 30 heavy (non-hydrogen) atoms. The second kappa shape index (κ2) is 9.71. The molecule has 164 valence electrons. The Morgan fingerprint density at radius 2 is 2.13 bits per heavy atom. The number of methoxy groups -OCH3 is 1. The van der Waals surface area contributed by atoms with Crippen molar-refractivity contribution in [2.24, 2.45) is 5.92 Å². The van der Waals surface area contributed by atoms with E-state index in [0.29, 0.717) is 24.9 Å². The van der Waals surface area contributed by atoms with Crippen molar-refractivity contribution < 1.29 is 31.5 Å². The van der Waals surface area contributed by atoms with E-state index in [1.54, 1.807) is 23.6 Å². The van der Waals surface area contributed by atoms with Crippen LogP contribution >= 0.6 is 11.3 Å². The van der Waals surface area contributed by atoms with E-state index in [2.05, 4.69) is 10.1 Å². The third-order valence-corrected chi connectivity index (χ3v) is 7.99. The lowest BCUT2D eigenvalue weighted by Gasteiger charge is -2.30. The Bertz CT molecular complexity index is 967. The van der Waals surface area contributed by atoms with Gasteiger partial charge in [-0.05, 0) is 42.0 Å². The average molecular weight is 461 g/mol. The standard InChI is InChI=1S/C19H22F2N2O5S2/c1-27-16-10-13(6-7-15(16)28-19(20)21)11-22-18(24)14-4-2-8-23(12-14)30(25,26)17-5-3-9-29-17/h3,5-7,9-10,14,19H,2,4,8,11-12H2,1H3,(H,22,24)/t14-/m0/s1. The highest BCUT2D eigenvalue weighted by molar-refractivity contribution is 7.91. The molecule has 0 aliphatic carbocycles. The highest BCUT2D eigenvalue weighted by atomic mass is 32.2. The summed E-state index contributed by atoms with van der Waals surface area (Å²) >= 11 is 1.15. The Morgan fingerprint density at radius 1 is 1.33 bits per heavy atom. The van der Waals surface area contributed by atoms with Crippen LogP contribution in [0.1, 0.15) is 18.4 Å². The molecule has 0 spiro atoms. The number of ether oxygens (including phenoxy) is 2. The van der Waals surface area contributed by atoms with E-state index in [1.807, 2.05) is 0 Å². The van der Waals surface area contributed by atoms with Crippen LogP contribution in [-0.2, 0) is 21.4 Å². The fourth-order valence-electron chi connectivity index (χ4n) is 3.26. The first-order valence-electron chi connectivity index (χ1n) is 9.24. The Kier molecular flexibility index (Phi) is 7.27. The van der Waals surface area contributed by atoms with Gasteiger partial charge in [0.25, 0.3) is 10.0 Å². The molecule has 2 heterocycles. The first kappa shape index (κ1) is 22.4. The molecular formula is C19H22F2N2O5S2. The minimum Gasteiger partial charge on any atom is -0.493 e. The molecule has 1 atom stereocenters. The van der Waals surface area contributed by atoms with E-state index in [1.165, 1.54) is 23.5 Å². The Hall–Kier alpha value is -2.24. The molecule has 1 fully saturated rings. The number of thiophene rings is 1. The van der Waals surface area contributed by atoms with E-state index in [0.717, 1.165) is 11.3 Å². The number of benzene rings is 1. The highest BCUT2D eigenvalue weighted by Gasteiger charge is 2.33. The molecule has 0 unspecified atom stereocenters. The molecule has 1 N–H and O–H groups in total. The number of alkyl halides is 2. The van der Waals surface area contributed by atoms with Crippen molar-refractivity contribution in [1.29, 1.82) is 0 Å². The summed E-state index contributed by atoms with van der Waals surface area (Å²) in [5.74, 6) is -0.679. The molecule has 11 heteroatoms. The van der Waals surface area contributed by atoms with Crippen LogP contribution in [0.15, 0.2) is 39.9 Å². The molecule has 3 rings (SSSR count). The third kappa shape index (κ3) is 5.27. The van der Waals surface area contributed by atoms with E-state index < -0.39 is 22.6 Å². The maximum atomic E-state index is 12.7. The normalized spacial score (nSPS) is 17.7. The number of nitrogens with one attached hydrogen (secondary N) is 1. The SMILES string of the molecule is COc1cc(CNC(=O)[C@H]2CCCN(S(=O)(=O)c3cccs3)C2)ccc1OC(F)F. The van der Waals surface area contributed by atoms with Gasteiger partial charge in [0.2, 0.25) is 5.91 Å². The minimum absolute atomic E-state index is 0.0933. The van der Waals surface area contributed by atoms with Crippen LogP contribution in [0.25, 0.3) is 0 Å². The van der Waals surface area contributed by atoms with E-state index in [4.69, 9.17) is 4.74 Å². The number of sulfonamides is 1. The summed E-state index contributed by atoms with van der Waals surface area (Å²) in [6.07, 6.45) is 1.18. The minimum atomic E-state index is -3.60. The van der Waals surface area contributed by atoms with Crippen molar-refractivity contribution in [3.8, 4) is 11.5 Å². The quantitative estimate of drug-likeness (QED) is 0.655. The van der Waals surface area contributed by atoms with Gasteiger partial charge in [-0.25, -0.2) is 8.42 Å². The zero-order valence-electron chi connectivity index (χ0n) is 16.2.